The molecule has 0 aliphatic heterocycles. The maximum absolute atomic E-state index is 6.69. The van der Waals surface area contributed by atoms with E-state index < -0.39 is 0 Å². The molecule has 0 bridgehead atoms. The van der Waals surface area contributed by atoms with Crippen molar-refractivity contribution < 1.29 is 8.83 Å². The van der Waals surface area contributed by atoms with Crippen LogP contribution >= 0.6 is 22.7 Å². The maximum Gasteiger partial charge on any atom is 0.137 e. The molecule has 266 valence electrons. The Morgan fingerprint density at radius 1 is 0.321 bits per heavy atom. The van der Waals surface area contributed by atoms with Crippen LogP contribution < -0.4 is 0 Å². The first-order valence-corrected chi connectivity index (χ1v) is 20.8. The molecule has 0 fully saturated rings. The summed E-state index contributed by atoms with van der Waals surface area (Å²) in [6.07, 6.45) is 0. The highest BCUT2D eigenvalue weighted by molar-refractivity contribution is 7.23. The van der Waals surface area contributed by atoms with Gasteiger partial charge in [0.1, 0.15) is 22.7 Å². The van der Waals surface area contributed by atoms with Gasteiger partial charge in [-0.1, -0.05) is 135 Å². The second-order valence-corrected chi connectivity index (χ2v) is 16.0. The summed E-state index contributed by atoms with van der Waals surface area (Å²) in [6, 6.07) is 61.1. The Hall–Kier alpha value is -6.46. The summed E-state index contributed by atoms with van der Waals surface area (Å²) in [4.78, 5) is 2.43. The van der Waals surface area contributed by atoms with Gasteiger partial charge in [-0.15, -0.1) is 22.7 Å². The first-order chi connectivity index (χ1) is 27.8. The van der Waals surface area contributed by atoms with E-state index in [0.29, 0.717) is 0 Å². The molecule has 0 saturated carbocycles. The van der Waals surface area contributed by atoms with Crippen LogP contribution in [0.1, 0.15) is 13.8 Å². The van der Waals surface area contributed by atoms with Crippen LogP contribution in [0.4, 0.5) is 0 Å². The Kier molecular flexibility index (Phi) is 7.70. The predicted octanol–water partition coefficient (Wildman–Crippen LogP) is 16.8. The number of benzene rings is 8. The third-order valence-corrected chi connectivity index (χ3v) is 13.3. The number of hydrogen-bond acceptors (Lipinski definition) is 4. The van der Waals surface area contributed by atoms with E-state index in [1.807, 2.05) is 48.7 Å². The first-order valence-electron chi connectivity index (χ1n) is 19.2. The lowest BCUT2D eigenvalue weighted by atomic mass is 9.86. The van der Waals surface area contributed by atoms with Gasteiger partial charge in [-0.3, -0.25) is 0 Å². The highest BCUT2D eigenvalue weighted by atomic mass is 32.1. The number of rotatable bonds is 4. The van der Waals surface area contributed by atoms with Crippen LogP contribution in [0.3, 0.4) is 0 Å². The topological polar surface area (TPSA) is 26.3 Å². The summed E-state index contributed by atoms with van der Waals surface area (Å²) in [5, 5.41) is 11.9. The van der Waals surface area contributed by atoms with Crippen molar-refractivity contribution in [1.29, 1.82) is 0 Å². The average molecular weight is 755 g/mol. The van der Waals surface area contributed by atoms with Crippen LogP contribution in [-0.2, 0) is 0 Å². The molecule has 8 aromatic carbocycles. The zero-order valence-corrected chi connectivity index (χ0v) is 32.4. The summed E-state index contributed by atoms with van der Waals surface area (Å²) in [5.74, 6) is 1.78. The smallest absolute Gasteiger partial charge is 0.137 e. The molecular weight excluding hydrogens is 721 g/mol. The van der Waals surface area contributed by atoms with Crippen molar-refractivity contribution in [1.82, 2.24) is 0 Å². The van der Waals surface area contributed by atoms with Gasteiger partial charge >= 0.3 is 0 Å². The summed E-state index contributed by atoms with van der Waals surface area (Å²) >= 11 is 3.70. The van der Waals surface area contributed by atoms with Crippen molar-refractivity contribution in [2.45, 2.75) is 13.8 Å². The second kappa shape index (κ2) is 13.1. The van der Waals surface area contributed by atoms with Crippen molar-refractivity contribution in [3.8, 4) is 43.5 Å². The first kappa shape index (κ1) is 32.9. The molecular formula is C52H34O2S2. The van der Waals surface area contributed by atoms with E-state index in [4.69, 9.17) is 8.83 Å². The lowest BCUT2D eigenvalue weighted by Crippen LogP contribution is -1.91. The number of thiophene rings is 2. The molecule has 56 heavy (non-hydrogen) atoms. The zero-order valence-electron chi connectivity index (χ0n) is 30.8. The quantitative estimate of drug-likeness (QED) is 0.167. The fourth-order valence-electron chi connectivity index (χ4n) is 8.49. The molecule has 0 spiro atoms. The predicted molar refractivity (Wildman–Crippen MR) is 242 cm³/mol. The number of fused-ring (bicyclic) bond motifs is 7. The molecule has 2 nitrogen and oxygen atoms in total. The Balaban J connectivity index is 0.00000179. The van der Waals surface area contributed by atoms with Crippen molar-refractivity contribution in [3.05, 3.63) is 170 Å². The average Bonchev–Trinajstić information content (AvgIpc) is 4.04. The molecule has 0 unspecified atom stereocenters. The summed E-state index contributed by atoms with van der Waals surface area (Å²) in [7, 11) is 0. The molecule has 4 heterocycles. The lowest BCUT2D eigenvalue weighted by Gasteiger charge is -2.18. The molecule has 0 aliphatic carbocycles. The van der Waals surface area contributed by atoms with E-state index >= 15 is 0 Å². The van der Waals surface area contributed by atoms with Crippen LogP contribution in [-0.4, -0.2) is 0 Å². The minimum absolute atomic E-state index is 0.891. The van der Waals surface area contributed by atoms with Crippen molar-refractivity contribution in [2.75, 3.05) is 0 Å². The minimum atomic E-state index is 0.891. The van der Waals surface area contributed by atoms with Crippen molar-refractivity contribution in [3.63, 3.8) is 0 Å². The number of hydrogen-bond donors (Lipinski definition) is 0. The molecule has 0 radical (unpaired) electrons. The van der Waals surface area contributed by atoms with E-state index in [1.165, 1.54) is 73.4 Å². The molecule has 12 rings (SSSR count). The number of para-hydroxylation sites is 2. The molecule has 0 aliphatic rings. The van der Waals surface area contributed by atoms with E-state index in [0.717, 1.165) is 44.6 Å². The molecule has 4 heteroatoms. The van der Waals surface area contributed by atoms with E-state index in [1.54, 1.807) is 0 Å². The highest BCUT2D eigenvalue weighted by Gasteiger charge is 2.27. The van der Waals surface area contributed by atoms with Gasteiger partial charge < -0.3 is 8.83 Å². The van der Waals surface area contributed by atoms with Gasteiger partial charge in [-0.05, 0) is 80.8 Å². The maximum atomic E-state index is 6.69. The zero-order chi connectivity index (χ0) is 37.3. The minimum Gasteiger partial charge on any atom is -0.456 e. The van der Waals surface area contributed by atoms with Crippen LogP contribution in [0.2, 0.25) is 0 Å². The Labute approximate surface area is 331 Å². The van der Waals surface area contributed by atoms with Gasteiger partial charge in [-0.25, -0.2) is 0 Å². The Bertz CT molecular complexity index is 3170. The van der Waals surface area contributed by atoms with Gasteiger partial charge in [0.2, 0.25) is 0 Å². The van der Waals surface area contributed by atoms with E-state index in [9.17, 15) is 0 Å². The standard InChI is InChI=1S/C50H28O2S2.C2H6/c1-2-14-30-26-38-37(25-29(30)13-1)45(49-47(35-19-7-11-23-43(35)53-49)41-27-31-15-3-9-21-39(31)51-41)33-17-5-6-18-34(33)46(38)50-48(36-20-8-12-24-44(36)54-50)42-28-32-16-4-10-22-40(32)52-42;1-2/h1-28H;1-2H3. The van der Waals surface area contributed by atoms with Crippen LogP contribution in [0.25, 0.3) is 118 Å². The van der Waals surface area contributed by atoms with Gasteiger partial charge in [0.25, 0.3) is 0 Å². The third kappa shape index (κ3) is 5.00. The SMILES string of the molecule is CC.c1ccc2cc3c(-c4sc5ccccc5c4-c4cc5ccccc5o4)c4ccccc4c(-c4sc5ccccc5c4-c4cc5ccccc5o4)c3cc2c1. The molecule has 4 aromatic heterocycles. The third-order valence-electron chi connectivity index (χ3n) is 10.9. The monoisotopic (exact) mass is 754 g/mol. The summed E-state index contributed by atoms with van der Waals surface area (Å²) < 4.78 is 15.9. The highest BCUT2D eigenvalue weighted by Crippen LogP contribution is 2.55. The van der Waals surface area contributed by atoms with Crippen LogP contribution in [0.15, 0.2) is 179 Å². The van der Waals surface area contributed by atoms with Gasteiger partial charge in [0, 0.05) is 63.0 Å². The largest absolute Gasteiger partial charge is 0.456 e. The van der Waals surface area contributed by atoms with Crippen LogP contribution in [0.5, 0.6) is 0 Å². The fraction of sp³-hybridized carbons (Fsp3) is 0.0385. The Morgan fingerprint density at radius 2 is 0.679 bits per heavy atom. The van der Waals surface area contributed by atoms with Gasteiger partial charge in [0.05, 0.1) is 0 Å². The fourth-order valence-corrected chi connectivity index (χ4v) is 11.1. The summed E-state index contributed by atoms with van der Waals surface area (Å²) in [6.45, 7) is 4.00. The Morgan fingerprint density at radius 3 is 1.11 bits per heavy atom. The molecule has 12 aromatic rings. The van der Waals surface area contributed by atoms with Crippen molar-refractivity contribution in [2.24, 2.45) is 0 Å². The van der Waals surface area contributed by atoms with Crippen LogP contribution in [0, 0.1) is 0 Å². The van der Waals surface area contributed by atoms with E-state index in [2.05, 4.69) is 158 Å². The second-order valence-electron chi connectivity index (χ2n) is 13.9. The van der Waals surface area contributed by atoms with Gasteiger partial charge in [0.15, 0.2) is 0 Å². The lowest BCUT2D eigenvalue weighted by molar-refractivity contribution is 0.632. The number of furan rings is 2. The van der Waals surface area contributed by atoms with Gasteiger partial charge in [-0.2, -0.15) is 0 Å². The van der Waals surface area contributed by atoms with E-state index in [-0.39, 0.29) is 0 Å². The molecule has 0 saturated heterocycles. The molecule has 0 atom stereocenters. The normalized spacial score (nSPS) is 11.8. The molecule has 0 amide bonds. The summed E-state index contributed by atoms with van der Waals surface area (Å²) in [5.41, 5.74) is 6.55. The van der Waals surface area contributed by atoms with Crippen molar-refractivity contribution >= 4 is 97.1 Å². The molecule has 0 N–H and O–H groups in total.